The molecule has 248 valence electrons. The summed E-state index contributed by atoms with van der Waals surface area (Å²) in [7, 11) is 0. The first-order valence-electron chi connectivity index (χ1n) is 15.0. The molecule has 4 aromatic rings. The highest BCUT2D eigenvalue weighted by Gasteiger charge is 2.42. The number of halogens is 8. The Labute approximate surface area is 266 Å². The second-order valence-corrected chi connectivity index (χ2v) is 11.2. The van der Waals surface area contributed by atoms with Crippen LogP contribution in [0.1, 0.15) is 55.6 Å². The molecule has 1 heterocycles. The van der Waals surface area contributed by atoms with Crippen molar-refractivity contribution < 1.29 is 49.3 Å². The van der Waals surface area contributed by atoms with E-state index in [1.54, 1.807) is 0 Å². The maximum absolute atomic E-state index is 15.1. The molecule has 1 aliphatic heterocycles. The number of hydrogen-bond acceptors (Lipinski definition) is 3. The van der Waals surface area contributed by atoms with Crippen LogP contribution in [0.2, 0.25) is 0 Å². The van der Waals surface area contributed by atoms with Crippen LogP contribution in [0.5, 0.6) is 5.75 Å². The molecule has 0 aromatic heterocycles. The first-order valence-corrected chi connectivity index (χ1v) is 15.0. The number of unbranched alkanes of at least 4 members (excludes halogenated alkanes) is 2. The topological polar surface area (TPSA) is 27.7 Å². The van der Waals surface area contributed by atoms with Crippen LogP contribution in [0.15, 0.2) is 73.1 Å². The third kappa shape index (κ3) is 7.85. The monoisotopic (exact) mass is 662 g/mol. The van der Waals surface area contributed by atoms with Crippen molar-refractivity contribution in [3.63, 3.8) is 0 Å². The highest BCUT2D eigenvalue weighted by molar-refractivity contribution is 5.72. The van der Waals surface area contributed by atoms with E-state index in [0.29, 0.717) is 24.9 Å². The Morgan fingerprint density at radius 2 is 1.34 bits per heavy atom. The van der Waals surface area contributed by atoms with Crippen molar-refractivity contribution in [2.75, 3.05) is 13.2 Å². The predicted octanol–water partition coefficient (Wildman–Crippen LogP) is 11.0. The average Bonchev–Trinajstić information content (AvgIpc) is 3.03. The molecule has 0 atom stereocenters. The van der Waals surface area contributed by atoms with Gasteiger partial charge in [-0.2, -0.15) is 8.78 Å². The summed E-state index contributed by atoms with van der Waals surface area (Å²) in [6.07, 6.45) is -0.886. The van der Waals surface area contributed by atoms with Gasteiger partial charge in [0.2, 0.25) is 0 Å². The summed E-state index contributed by atoms with van der Waals surface area (Å²) in [5, 5.41) is 0. The fourth-order valence-electron chi connectivity index (χ4n) is 5.40. The molecule has 1 fully saturated rings. The van der Waals surface area contributed by atoms with E-state index in [1.165, 1.54) is 24.3 Å². The van der Waals surface area contributed by atoms with Gasteiger partial charge in [-0.1, -0.05) is 50.5 Å². The molecular weight excluding hydrogens is 632 g/mol. The van der Waals surface area contributed by atoms with Gasteiger partial charge in [0.25, 0.3) is 0 Å². The SMILES string of the molecule is CCCCCC1COC(c2cc(F)c(C(F)(F)Oc3ccc(-c4ccc(-c5cc(F)c(/C=C/F)c(F)c5)c(F)c4)cc3)c(F)c2)OC1. The molecule has 0 spiro atoms. The minimum Gasteiger partial charge on any atom is -0.429 e. The third-order valence-corrected chi connectivity index (χ3v) is 7.83. The molecule has 4 aromatic carbocycles. The van der Waals surface area contributed by atoms with Gasteiger partial charge in [-0.05, 0) is 71.7 Å². The summed E-state index contributed by atoms with van der Waals surface area (Å²) < 4.78 is 132. The van der Waals surface area contributed by atoms with Crippen molar-refractivity contribution in [2.24, 2.45) is 5.92 Å². The quantitative estimate of drug-likeness (QED) is 0.118. The molecule has 0 radical (unpaired) electrons. The molecule has 0 N–H and O–H groups in total. The molecule has 3 nitrogen and oxygen atoms in total. The Bertz CT molecular complexity index is 1690. The first kappa shape index (κ1) is 34.1. The number of hydrogen-bond donors (Lipinski definition) is 0. The van der Waals surface area contributed by atoms with Crippen molar-refractivity contribution in [2.45, 2.75) is 45.0 Å². The van der Waals surface area contributed by atoms with Gasteiger partial charge in [-0.15, -0.1) is 0 Å². The summed E-state index contributed by atoms with van der Waals surface area (Å²) in [5.74, 6) is -6.38. The number of alkyl halides is 2. The molecule has 1 saturated heterocycles. The van der Waals surface area contributed by atoms with Crippen molar-refractivity contribution in [3.05, 3.63) is 119 Å². The Morgan fingerprint density at radius 1 is 0.745 bits per heavy atom. The fraction of sp³-hybridized carbons (Fsp3) is 0.278. The lowest BCUT2D eigenvalue weighted by Gasteiger charge is -2.30. The summed E-state index contributed by atoms with van der Waals surface area (Å²) in [5.41, 5.74) is -1.89. The van der Waals surface area contributed by atoms with E-state index >= 15 is 8.78 Å². The lowest BCUT2D eigenvalue weighted by atomic mass is 9.98. The first-order chi connectivity index (χ1) is 22.5. The van der Waals surface area contributed by atoms with Gasteiger partial charge in [-0.3, -0.25) is 0 Å². The van der Waals surface area contributed by atoms with E-state index in [1.807, 2.05) is 0 Å². The minimum absolute atomic E-state index is 0.0195. The van der Waals surface area contributed by atoms with E-state index in [0.717, 1.165) is 68.1 Å². The van der Waals surface area contributed by atoms with E-state index in [9.17, 15) is 26.3 Å². The zero-order valence-corrected chi connectivity index (χ0v) is 25.2. The molecule has 0 bridgehead atoms. The summed E-state index contributed by atoms with van der Waals surface area (Å²) >= 11 is 0. The number of benzene rings is 4. The maximum atomic E-state index is 15.1. The van der Waals surface area contributed by atoms with Gasteiger partial charge in [0.1, 0.15) is 40.4 Å². The summed E-state index contributed by atoms with van der Waals surface area (Å²) in [6, 6.07) is 11.8. The molecule has 0 amide bonds. The Kier molecular flexibility index (Phi) is 10.7. The van der Waals surface area contributed by atoms with Crippen molar-refractivity contribution in [3.8, 4) is 28.0 Å². The summed E-state index contributed by atoms with van der Waals surface area (Å²) in [6.45, 7) is 2.73. The normalized spacial score (nSPS) is 17.0. The largest absolute Gasteiger partial charge is 0.432 e. The highest BCUT2D eigenvalue weighted by Crippen LogP contribution is 2.38. The predicted molar refractivity (Wildman–Crippen MR) is 160 cm³/mol. The van der Waals surface area contributed by atoms with Crippen LogP contribution < -0.4 is 4.74 Å². The van der Waals surface area contributed by atoms with Gasteiger partial charge >= 0.3 is 6.11 Å². The van der Waals surface area contributed by atoms with Crippen LogP contribution in [0.25, 0.3) is 28.3 Å². The van der Waals surface area contributed by atoms with Crippen molar-refractivity contribution in [1.82, 2.24) is 0 Å². The lowest BCUT2D eigenvalue weighted by molar-refractivity contribution is -0.206. The lowest BCUT2D eigenvalue weighted by Crippen LogP contribution is -2.28. The second-order valence-electron chi connectivity index (χ2n) is 11.2. The third-order valence-electron chi connectivity index (χ3n) is 7.83. The van der Waals surface area contributed by atoms with E-state index in [2.05, 4.69) is 11.7 Å². The van der Waals surface area contributed by atoms with Crippen LogP contribution in [0.4, 0.5) is 35.1 Å². The van der Waals surface area contributed by atoms with E-state index in [-0.39, 0.29) is 34.5 Å². The molecule has 11 heteroatoms. The van der Waals surface area contributed by atoms with Crippen LogP contribution in [-0.4, -0.2) is 13.2 Å². The Balaban J connectivity index is 1.27. The minimum atomic E-state index is -4.40. The van der Waals surface area contributed by atoms with Gasteiger partial charge < -0.3 is 14.2 Å². The molecule has 47 heavy (non-hydrogen) atoms. The Morgan fingerprint density at radius 3 is 1.91 bits per heavy atom. The zero-order valence-electron chi connectivity index (χ0n) is 25.2. The molecule has 1 aliphatic rings. The number of rotatable bonds is 11. The number of ether oxygens (including phenoxy) is 3. The molecule has 5 rings (SSSR count). The molecule has 0 aliphatic carbocycles. The van der Waals surface area contributed by atoms with Crippen LogP contribution in [-0.2, 0) is 15.6 Å². The summed E-state index contributed by atoms with van der Waals surface area (Å²) in [4.78, 5) is 0. The van der Waals surface area contributed by atoms with Crippen LogP contribution >= 0.6 is 0 Å². The maximum Gasteiger partial charge on any atom is 0.432 e. The second kappa shape index (κ2) is 14.7. The van der Waals surface area contributed by atoms with Crippen LogP contribution in [0.3, 0.4) is 0 Å². The highest BCUT2D eigenvalue weighted by atomic mass is 19.3. The van der Waals surface area contributed by atoms with Crippen LogP contribution in [0, 0.1) is 35.0 Å². The van der Waals surface area contributed by atoms with Gasteiger partial charge in [0.15, 0.2) is 6.29 Å². The van der Waals surface area contributed by atoms with Crippen molar-refractivity contribution in [1.29, 1.82) is 0 Å². The molecule has 0 saturated carbocycles. The fourth-order valence-corrected chi connectivity index (χ4v) is 5.40. The van der Waals surface area contributed by atoms with Gasteiger partial charge in [0, 0.05) is 22.6 Å². The standard InChI is InChI=1S/C36H30F8O3/c1-2-3-4-5-21-19-45-35(46-20-21)25-17-32(41)34(33(42)18-25)36(43,44)47-26-9-6-22(7-10-26)23-8-11-27(29(38)14-23)24-15-30(39)28(12-13-37)31(40)16-24/h6-18,21,35H,2-5,19-20H2,1H3/b13-12+. The van der Waals surface area contributed by atoms with E-state index < -0.39 is 58.4 Å². The average molecular weight is 663 g/mol. The Hall–Kier alpha value is -4.22. The smallest absolute Gasteiger partial charge is 0.429 e. The van der Waals surface area contributed by atoms with E-state index in [4.69, 9.17) is 9.47 Å². The zero-order chi connectivity index (χ0) is 33.7. The van der Waals surface area contributed by atoms with Gasteiger partial charge in [-0.25, -0.2) is 26.3 Å². The van der Waals surface area contributed by atoms with Gasteiger partial charge in [0.05, 0.1) is 19.5 Å². The van der Waals surface area contributed by atoms with Crippen molar-refractivity contribution >= 4 is 6.08 Å². The molecular formula is C36H30F8O3. The molecule has 0 unspecified atom stereocenters.